The lowest BCUT2D eigenvalue weighted by atomic mass is 10.0. The van der Waals surface area contributed by atoms with Gasteiger partial charge in [-0.05, 0) is 37.3 Å². The highest BCUT2D eigenvalue weighted by Gasteiger charge is 2.46. The van der Waals surface area contributed by atoms with Gasteiger partial charge in [-0.25, -0.2) is 9.97 Å². The molecule has 8 nitrogen and oxygen atoms in total. The third kappa shape index (κ3) is 3.85. The van der Waals surface area contributed by atoms with Gasteiger partial charge in [-0.15, -0.1) is 11.3 Å². The van der Waals surface area contributed by atoms with Crippen molar-refractivity contribution in [3.8, 4) is 0 Å². The Bertz CT molecular complexity index is 974. The number of anilines is 1. The molecule has 0 unspecified atom stereocenters. The van der Waals surface area contributed by atoms with E-state index in [0.717, 1.165) is 18.7 Å². The van der Waals surface area contributed by atoms with Crippen LogP contribution in [0.4, 0.5) is 5.69 Å². The van der Waals surface area contributed by atoms with Crippen molar-refractivity contribution in [3.63, 3.8) is 0 Å². The molecule has 3 aromatic heterocycles. The fourth-order valence-electron chi connectivity index (χ4n) is 3.94. The van der Waals surface area contributed by atoms with Gasteiger partial charge in [0.2, 0.25) is 5.91 Å². The molecule has 3 aromatic rings. The monoisotopic (exact) mass is 415 g/mol. The molecule has 0 aromatic carbocycles. The van der Waals surface area contributed by atoms with Crippen molar-refractivity contribution in [3.05, 3.63) is 41.0 Å². The van der Waals surface area contributed by atoms with Gasteiger partial charge in [0.15, 0.2) is 5.65 Å². The Balaban J connectivity index is 1.53. The number of fused-ring (bicyclic) bond motifs is 1. The lowest BCUT2D eigenvalue weighted by Gasteiger charge is -2.18. The number of rotatable bonds is 7. The summed E-state index contributed by atoms with van der Waals surface area (Å²) in [5, 5.41) is 29.2. The smallest absolute Gasteiger partial charge is 0.225 e. The summed E-state index contributed by atoms with van der Waals surface area (Å²) in [5.41, 5.74) is 2.21. The Morgan fingerprint density at radius 3 is 2.93 bits per heavy atom. The van der Waals surface area contributed by atoms with E-state index in [2.05, 4.69) is 32.0 Å². The number of carbonyl (C=O) groups is 1. The van der Waals surface area contributed by atoms with Crippen molar-refractivity contribution in [2.24, 2.45) is 5.92 Å². The van der Waals surface area contributed by atoms with Crippen LogP contribution in [0.15, 0.2) is 36.1 Å². The first-order valence-electron chi connectivity index (χ1n) is 9.81. The molecule has 9 heteroatoms. The molecule has 0 saturated heterocycles. The predicted octanol–water partition coefficient (Wildman–Crippen LogP) is 1.57. The third-order valence-electron chi connectivity index (χ3n) is 5.42. The zero-order valence-electron chi connectivity index (χ0n) is 16.2. The summed E-state index contributed by atoms with van der Waals surface area (Å²) < 4.78 is 1.77. The van der Waals surface area contributed by atoms with Crippen LogP contribution in [0.3, 0.4) is 0 Å². The molecule has 4 N–H and O–H groups in total. The van der Waals surface area contributed by atoms with Gasteiger partial charge in [0, 0.05) is 24.2 Å². The summed E-state index contributed by atoms with van der Waals surface area (Å²) in [4.78, 5) is 22.5. The van der Waals surface area contributed by atoms with Gasteiger partial charge < -0.3 is 25.4 Å². The predicted molar refractivity (Wildman–Crippen MR) is 112 cm³/mol. The van der Waals surface area contributed by atoms with E-state index in [4.69, 9.17) is 0 Å². The molecule has 1 aliphatic carbocycles. The van der Waals surface area contributed by atoms with E-state index in [9.17, 15) is 15.0 Å². The summed E-state index contributed by atoms with van der Waals surface area (Å²) in [5.74, 6) is -0.894. The minimum atomic E-state index is -1.11. The van der Waals surface area contributed by atoms with Crippen molar-refractivity contribution < 1.29 is 15.0 Å². The third-order valence-corrected chi connectivity index (χ3v) is 6.36. The molecular weight excluding hydrogens is 390 g/mol. The average molecular weight is 416 g/mol. The number of aromatic nitrogens is 3. The second-order valence-corrected chi connectivity index (χ2v) is 8.26. The number of aliphatic hydroxyl groups is 2. The highest BCUT2D eigenvalue weighted by Crippen LogP contribution is 2.37. The van der Waals surface area contributed by atoms with E-state index < -0.39 is 24.2 Å². The first-order valence-corrected chi connectivity index (χ1v) is 10.7. The van der Waals surface area contributed by atoms with Gasteiger partial charge in [0.05, 0.1) is 30.1 Å². The number of carbonyl (C=O) groups excluding carboxylic acids is 1. The van der Waals surface area contributed by atoms with Crippen LogP contribution in [0.5, 0.6) is 0 Å². The number of aliphatic hydroxyl groups excluding tert-OH is 2. The number of hydrogen-bond donors (Lipinski definition) is 4. The highest BCUT2D eigenvalue weighted by molar-refractivity contribution is 7.09. The van der Waals surface area contributed by atoms with Crippen LogP contribution < -0.4 is 10.6 Å². The van der Waals surface area contributed by atoms with Crippen molar-refractivity contribution in [1.29, 1.82) is 0 Å². The van der Waals surface area contributed by atoms with Crippen LogP contribution in [-0.2, 0) is 11.2 Å². The van der Waals surface area contributed by atoms with Crippen LogP contribution in [0, 0.1) is 5.92 Å². The van der Waals surface area contributed by atoms with Crippen molar-refractivity contribution >= 4 is 34.1 Å². The maximum Gasteiger partial charge on any atom is 0.225 e. The molecule has 4 rings (SSSR count). The molecule has 1 fully saturated rings. The average Bonchev–Trinajstić information content (AvgIpc) is 3.43. The summed E-state index contributed by atoms with van der Waals surface area (Å²) in [6.07, 6.45) is 2.41. The molecule has 0 radical (unpaired) electrons. The molecular formula is C20H25N5O3S. The minimum Gasteiger partial charge on any atom is -0.390 e. The fraction of sp³-hybridized carbons (Fsp3) is 0.450. The van der Waals surface area contributed by atoms with Gasteiger partial charge in [-0.3, -0.25) is 4.79 Å². The lowest BCUT2D eigenvalue weighted by molar-refractivity contribution is -0.128. The number of amides is 1. The zero-order valence-corrected chi connectivity index (χ0v) is 17.0. The van der Waals surface area contributed by atoms with E-state index in [1.807, 2.05) is 19.1 Å². The van der Waals surface area contributed by atoms with Gasteiger partial charge in [-0.2, -0.15) is 0 Å². The number of imidazole rings is 1. The van der Waals surface area contributed by atoms with Crippen molar-refractivity contribution in [1.82, 2.24) is 19.9 Å². The second-order valence-electron chi connectivity index (χ2n) is 7.22. The quantitative estimate of drug-likeness (QED) is 0.466. The Hall–Kier alpha value is -2.49. The summed E-state index contributed by atoms with van der Waals surface area (Å²) in [7, 11) is 0. The fourth-order valence-corrected chi connectivity index (χ4v) is 4.65. The van der Waals surface area contributed by atoms with Crippen LogP contribution in [0.2, 0.25) is 0 Å². The van der Waals surface area contributed by atoms with E-state index in [1.165, 1.54) is 4.88 Å². The summed E-state index contributed by atoms with van der Waals surface area (Å²) in [6.45, 7) is 3.09. The summed E-state index contributed by atoms with van der Waals surface area (Å²) >= 11 is 1.73. The number of nitrogens with zero attached hydrogens (tertiary/aromatic N) is 3. The Kier molecular flexibility index (Phi) is 5.79. The van der Waals surface area contributed by atoms with Crippen LogP contribution in [-0.4, -0.2) is 56.0 Å². The van der Waals surface area contributed by atoms with E-state index >= 15 is 0 Å². The number of nitrogens with one attached hydrogen (secondary N) is 2. The molecule has 1 aliphatic rings. The molecule has 0 aliphatic heterocycles. The number of pyridine rings is 1. The molecule has 1 amide bonds. The van der Waals surface area contributed by atoms with Crippen molar-refractivity contribution in [2.75, 3.05) is 18.4 Å². The first-order chi connectivity index (χ1) is 14.1. The molecule has 0 bridgehead atoms. The standard InChI is InChI=1S/C20H25N5O3S/c1-2-21-20(28)13-10-15(18(27)17(13)26)25-11-24-16-14(6-8-23-19(16)25)22-7-5-12-4-3-9-29-12/h3-4,6,8-9,11,13,15,17-18,26-27H,2,5,7,10H2,1H3,(H,21,28)(H,22,23)/t13-,15+,17+,18-/m1/s1. The van der Waals surface area contributed by atoms with E-state index in [0.29, 0.717) is 24.1 Å². The largest absolute Gasteiger partial charge is 0.390 e. The van der Waals surface area contributed by atoms with E-state index in [-0.39, 0.29) is 5.91 Å². The molecule has 29 heavy (non-hydrogen) atoms. The Morgan fingerprint density at radius 1 is 1.31 bits per heavy atom. The normalized spacial score (nSPS) is 24.1. The van der Waals surface area contributed by atoms with Crippen LogP contribution in [0.25, 0.3) is 11.2 Å². The molecule has 4 atom stereocenters. The van der Waals surface area contributed by atoms with Gasteiger partial charge in [-0.1, -0.05) is 6.07 Å². The number of hydrogen-bond acceptors (Lipinski definition) is 7. The molecule has 154 valence electrons. The zero-order chi connectivity index (χ0) is 20.4. The van der Waals surface area contributed by atoms with Gasteiger partial charge in [0.25, 0.3) is 0 Å². The molecule has 0 spiro atoms. The van der Waals surface area contributed by atoms with Crippen molar-refractivity contribution in [2.45, 2.75) is 38.0 Å². The first kappa shape index (κ1) is 19.8. The maximum atomic E-state index is 12.2. The SMILES string of the molecule is CCNC(=O)[C@@H]1C[C@H](n2cnc3c(NCCc4cccs4)ccnc32)[C@@H](O)[C@H]1O. The van der Waals surface area contributed by atoms with E-state index in [1.54, 1.807) is 28.4 Å². The van der Waals surface area contributed by atoms with Gasteiger partial charge in [0.1, 0.15) is 11.6 Å². The second kappa shape index (κ2) is 8.48. The Labute approximate surface area is 172 Å². The molecule has 3 heterocycles. The minimum absolute atomic E-state index is 0.241. The lowest BCUT2D eigenvalue weighted by Crippen LogP contribution is -2.38. The summed E-state index contributed by atoms with van der Waals surface area (Å²) in [6, 6.07) is 5.57. The molecule has 1 saturated carbocycles. The van der Waals surface area contributed by atoms with Gasteiger partial charge >= 0.3 is 0 Å². The topological polar surface area (TPSA) is 112 Å². The highest BCUT2D eigenvalue weighted by atomic mass is 32.1. The number of thiophene rings is 1. The van der Waals surface area contributed by atoms with Crippen LogP contribution in [0.1, 0.15) is 24.3 Å². The maximum absolute atomic E-state index is 12.2. The van der Waals surface area contributed by atoms with Crippen LogP contribution >= 0.6 is 11.3 Å². The Morgan fingerprint density at radius 2 is 2.17 bits per heavy atom.